The Balaban J connectivity index is 2.40. The summed E-state index contributed by atoms with van der Waals surface area (Å²) < 4.78 is 524. The van der Waals surface area contributed by atoms with E-state index in [0.29, 0.717) is 22.3 Å². The molecular weight excluding hydrogens is 961 g/mol. The van der Waals surface area contributed by atoms with E-state index in [0.717, 1.165) is 11.1 Å². The molecule has 6 nitrogen and oxygen atoms in total. The van der Waals surface area contributed by atoms with Gasteiger partial charge >= 0.3 is 11.9 Å². The minimum absolute atomic E-state index is 0.0975. The van der Waals surface area contributed by atoms with Crippen molar-refractivity contribution in [1.82, 2.24) is 0 Å². The van der Waals surface area contributed by atoms with Crippen LogP contribution < -0.4 is 0 Å². The van der Waals surface area contributed by atoms with Crippen molar-refractivity contribution in [2.24, 2.45) is 10.8 Å². The molecule has 0 radical (unpaired) electrons. The van der Waals surface area contributed by atoms with Crippen LogP contribution in [0, 0.1) is 10.8 Å². The molecule has 436 valence electrons. The maximum absolute atomic E-state index is 13.9. The fourth-order valence-electron chi connectivity index (χ4n) is 6.93. The van der Waals surface area contributed by atoms with Crippen LogP contribution in [-0.4, -0.2) is 35.7 Å². The Kier molecular flexibility index (Phi) is 10.8. The first-order chi connectivity index (χ1) is 60.7. The summed E-state index contributed by atoms with van der Waals surface area (Å²) in [5.74, 6) is -6.90. The molecule has 0 fully saturated rings. The molecule has 2 rings (SSSR count). The van der Waals surface area contributed by atoms with Crippen LogP contribution in [0.4, 0.5) is 0 Å². The van der Waals surface area contributed by atoms with E-state index in [1.807, 2.05) is 0 Å². The van der Waals surface area contributed by atoms with E-state index >= 15 is 0 Å². The molecule has 0 unspecified atom stereocenters. The number of hydrogen-bond donors (Lipinski definition) is 0. The summed E-state index contributed by atoms with van der Waals surface area (Å²) in [4.78, 5) is 55.5. The van der Waals surface area contributed by atoms with Crippen LogP contribution in [0.3, 0.4) is 0 Å². The van der Waals surface area contributed by atoms with E-state index in [-0.39, 0.29) is 11.1 Å². The van der Waals surface area contributed by atoms with E-state index in [1.54, 1.807) is 128 Å². The Hall–Kier alpha value is -4.58. The van der Waals surface area contributed by atoms with Gasteiger partial charge in [0.1, 0.15) is 0 Å². The highest BCUT2D eigenvalue weighted by atomic mass is 16.6. The zero-order chi connectivity index (χ0) is 113. The van der Waals surface area contributed by atoms with Crippen molar-refractivity contribution in [2.75, 3.05) is 0 Å². The van der Waals surface area contributed by atoms with Gasteiger partial charge in [-0.3, -0.25) is 19.2 Å². The normalized spacial score (nSPS) is 36.1. The van der Waals surface area contributed by atoms with E-state index in [1.165, 1.54) is 26.0 Å². The van der Waals surface area contributed by atoms with Crippen LogP contribution in [0.15, 0.2) is 130 Å². The molecule has 0 amide bonds. The van der Waals surface area contributed by atoms with Gasteiger partial charge in [-0.25, -0.2) is 0 Å². The van der Waals surface area contributed by atoms with Crippen molar-refractivity contribution in [2.45, 2.75) is 286 Å². The first-order valence-electron chi connectivity index (χ1n) is 54.7. The predicted molar refractivity (Wildman–Crippen MR) is 333 cm³/mol. The number of carbonyl (C=O) groups excluding carboxylic acids is 4. The smallest absolute Gasteiger partial charge is 0.306 e. The molecular formula is C72H112O6. The quantitative estimate of drug-likeness (QED) is 0.0449. The molecule has 0 saturated heterocycles. The van der Waals surface area contributed by atoms with Crippen molar-refractivity contribution >= 4 is 23.5 Å². The fraction of sp³-hybridized carbons (Fsp3) is 0.639. The monoisotopic (exact) mass is 1140 g/mol. The van der Waals surface area contributed by atoms with Crippen molar-refractivity contribution < 1.29 is 114 Å². The molecule has 0 N–H and O–H groups in total. The third-order valence-electron chi connectivity index (χ3n) is 10.6. The van der Waals surface area contributed by atoms with Crippen LogP contribution in [0.1, 0.15) is 359 Å². The predicted octanol–water partition coefficient (Wildman–Crippen LogP) is 21.0. The third-order valence-corrected chi connectivity index (χ3v) is 10.6. The molecule has 2 aliphatic rings. The highest BCUT2D eigenvalue weighted by Crippen LogP contribution is 2.42. The number of esters is 2. The number of ether oxygens (including phenoxy) is 2. The summed E-state index contributed by atoms with van der Waals surface area (Å²) in [5, 5.41) is 0. The van der Waals surface area contributed by atoms with Crippen LogP contribution in [-0.2, 0) is 28.7 Å². The van der Waals surface area contributed by atoms with Gasteiger partial charge in [-0.2, -0.15) is 0 Å². The lowest BCUT2D eigenvalue weighted by Gasteiger charge is -2.36. The Bertz CT molecular complexity index is 4680. The lowest BCUT2D eigenvalue weighted by Crippen LogP contribution is -2.39. The van der Waals surface area contributed by atoms with Gasteiger partial charge in [-0.15, -0.1) is 0 Å². The number of Topliss-reactive ketones (excluding diaryl/α,β-unsaturated/α-hetero) is 2. The summed E-state index contributed by atoms with van der Waals surface area (Å²) in [6.45, 7) is 7.26. The summed E-state index contributed by atoms with van der Waals surface area (Å²) in [6.07, 6.45) is -122. The van der Waals surface area contributed by atoms with Crippen molar-refractivity contribution in [1.29, 1.82) is 0 Å². The molecule has 0 bridgehead atoms. The highest BCUT2D eigenvalue weighted by Gasteiger charge is 2.41. The van der Waals surface area contributed by atoms with Gasteiger partial charge < -0.3 is 9.47 Å². The molecule has 0 aromatic carbocycles. The first-order valence-corrected chi connectivity index (χ1v) is 23.7. The second-order valence-electron chi connectivity index (χ2n) is 17.7. The minimum atomic E-state index is -5.27. The third kappa shape index (κ3) is 30.1. The van der Waals surface area contributed by atoms with Gasteiger partial charge in [0.05, 0.1) is 0 Å². The number of hydrogen-bond acceptors (Lipinski definition) is 6. The average molecular weight is 1140 g/mol. The molecule has 0 heterocycles. The Labute approximate surface area is 565 Å². The largest absolute Gasteiger partial charge is 0.454 e. The zero-order valence-electron chi connectivity index (χ0n) is 107. The highest BCUT2D eigenvalue weighted by molar-refractivity contribution is 6.02. The number of rotatable bonds is 40. The van der Waals surface area contributed by atoms with Crippen LogP contribution >= 0.6 is 0 Å². The minimum Gasteiger partial charge on any atom is -0.454 e. The van der Waals surface area contributed by atoms with Crippen LogP contribution in [0.5, 0.6) is 0 Å². The van der Waals surface area contributed by atoms with E-state index in [2.05, 4.69) is 0 Å². The fourth-order valence-corrected chi connectivity index (χ4v) is 6.93. The van der Waals surface area contributed by atoms with E-state index in [4.69, 9.17) is 94.5 Å². The lowest BCUT2D eigenvalue weighted by atomic mass is 9.71. The van der Waals surface area contributed by atoms with Gasteiger partial charge in [0.2, 0.25) is 0 Å². The zero-order valence-corrected chi connectivity index (χ0v) is 45.1. The van der Waals surface area contributed by atoms with Crippen LogP contribution in [0.25, 0.3) is 0 Å². The van der Waals surface area contributed by atoms with Crippen molar-refractivity contribution in [3.05, 3.63) is 130 Å². The standard InChI is InChI=1S/C72H112O6/c1-13-15-17-19-21-23-25-27-29-31-33-35-37-49-67(73)77-65-55-71(9,10)63(61(7)69(65)75)53-51-59(5)47-41-45-57(3)43-39-40-44-58(4)46-42-48-60(6)52-54-64-62(8)70(76)66(56-72(64,11)12)78-68(74)50-38-36-34-32-30-28-26-24-22-20-18-16-14-2/h39-48,51-54,65-66H,13-38,49-50,55-56H2,1-12H3/b40-39+,45-41+,46-42+,53-51+,54-52+,57-43+,58-44+,59-47+,60-48+/t65-,66-/m0/s1/i1D3,2D3,13D2,14D2,15D2,16D2,17D2,18D2,19D2,20D2,21D2,22D2,23D2,24D2,25D2,26D2,27D2,28D2,29D2,30D2,31D2,32D2,33D2,34D2,35D2,36D2,37D2,38D2,49D2,50D2. The van der Waals surface area contributed by atoms with Crippen molar-refractivity contribution in [3.63, 3.8) is 0 Å². The summed E-state index contributed by atoms with van der Waals surface area (Å²) in [7, 11) is 0. The molecule has 0 spiro atoms. The van der Waals surface area contributed by atoms with Gasteiger partial charge in [0.25, 0.3) is 0 Å². The molecule has 2 atom stereocenters. The van der Waals surface area contributed by atoms with Crippen LogP contribution in [0.2, 0.25) is 0 Å². The van der Waals surface area contributed by atoms with Gasteiger partial charge in [0.15, 0.2) is 23.8 Å². The van der Waals surface area contributed by atoms with Gasteiger partial charge in [-0.05, 0) is 87.4 Å². The Morgan fingerprint density at radius 1 is 0.449 bits per heavy atom. The summed E-state index contributed by atoms with van der Waals surface area (Å²) in [5.41, 5.74) is 0.792. The molecule has 0 saturated carbocycles. The average Bonchev–Trinajstić information content (AvgIpc) is 0.676. The maximum atomic E-state index is 13.9. The molecule has 0 aromatic rings. The number of ketones is 2. The first kappa shape index (κ1) is 20.7. The molecule has 2 aliphatic carbocycles. The van der Waals surface area contributed by atoms with E-state index in [9.17, 15) is 19.2 Å². The maximum Gasteiger partial charge on any atom is 0.306 e. The second kappa shape index (κ2) is 40.6. The molecule has 6 heteroatoms. The Morgan fingerprint density at radius 2 is 0.718 bits per heavy atom. The Morgan fingerprint density at radius 3 is 1.03 bits per heavy atom. The van der Waals surface area contributed by atoms with E-state index < -0.39 is 252 Å². The summed E-state index contributed by atoms with van der Waals surface area (Å²) >= 11 is 0. The topological polar surface area (TPSA) is 86.7 Å². The number of allylic oxidation sites excluding steroid dienone is 20. The number of carbonyl (C=O) groups is 4. The van der Waals surface area contributed by atoms with Gasteiger partial charge in [0, 0.05) is 111 Å². The molecule has 78 heavy (non-hydrogen) atoms. The van der Waals surface area contributed by atoms with Gasteiger partial charge in [-0.1, -0.05) is 302 Å². The molecule has 0 aromatic heterocycles. The SMILES string of the molecule is [2H]C([2H])([2H])C([2H])([2H])C([2H])([2H])C([2H])([2H])C([2H])([2H])C([2H])([2H])C([2H])([2H])C([2H])([2H])C([2H])([2H])C([2H])([2H])C([2H])([2H])C([2H])([2H])C([2H])([2H])C([2H])([2H])C([2H])([2H])C(=O)O[C@H]1CC(C)(C)C(/C=C/C(C)=C/C=C/C(C)=C/C=C/C=C(C)/C=C/C=C(C)/C=C/C2=C(C)C(=O)[C@@H](OC(=O)C([2H])([2H])C([2H])([2H])C([2H])([2H])C([2H])([2H])C([2H])([2H])C([2H])([2H])C([2H])([2H])C([2H])([2H])C([2H])([2H])C([2H])([2H])C([2H])([2H])C([2H])([2H])C([2H])([2H])C([2H])([2H])C([2H])([2H])[2H])CC2(C)C)=C(C)C1=O. The lowest BCUT2D eigenvalue weighted by molar-refractivity contribution is -0.156. The summed E-state index contributed by atoms with van der Waals surface area (Å²) in [6, 6.07) is 0. The molecule has 0 aliphatic heterocycles. The van der Waals surface area contributed by atoms with Crippen molar-refractivity contribution in [3.8, 4) is 0 Å². The second-order valence-corrected chi connectivity index (χ2v) is 17.7.